The third-order valence-electron chi connectivity index (χ3n) is 2.64. The number of hydrogen-bond donors (Lipinski definition) is 1. The van der Waals surface area contributed by atoms with E-state index >= 15 is 0 Å². The van der Waals surface area contributed by atoms with Gasteiger partial charge in [-0.2, -0.15) is 0 Å². The summed E-state index contributed by atoms with van der Waals surface area (Å²) in [5, 5.41) is 10.4. The fourth-order valence-electron chi connectivity index (χ4n) is 1.96. The Morgan fingerprint density at radius 3 is 2.73 bits per heavy atom. The Kier molecular flexibility index (Phi) is 2.49. The van der Waals surface area contributed by atoms with Gasteiger partial charge in [-0.1, -0.05) is 0 Å². The van der Waals surface area contributed by atoms with Gasteiger partial charge >= 0.3 is 0 Å². The summed E-state index contributed by atoms with van der Waals surface area (Å²) in [4.78, 5) is 0. The summed E-state index contributed by atoms with van der Waals surface area (Å²) in [7, 11) is 0. The fourth-order valence-corrected chi connectivity index (χ4v) is 1.96. The van der Waals surface area contributed by atoms with Crippen molar-refractivity contribution in [3.63, 3.8) is 0 Å². The minimum absolute atomic E-state index is 0.243. The molecule has 80 valence electrons. The van der Waals surface area contributed by atoms with E-state index in [-0.39, 0.29) is 5.82 Å². The van der Waals surface area contributed by atoms with Crippen LogP contribution >= 0.6 is 0 Å². The van der Waals surface area contributed by atoms with Gasteiger partial charge in [0.15, 0.2) is 0 Å². The predicted molar refractivity (Wildman–Crippen MR) is 58.2 cm³/mol. The maximum absolute atomic E-state index is 13.0. The van der Waals surface area contributed by atoms with Crippen molar-refractivity contribution < 1.29 is 9.50 Å². The molecule has 2 rings (SSSR count). The lowest BCUT2D eigenvalue weighted by Gasteiger charge is -2.09. The highest BCUT2D eigenvalue weighted by atomic mass is 19.1. The molecule has 0 saturated carbocycles. The Balaban J connectivity index is 2.73. The zero-order chi connectivity index (χ0) is 11.0. The van der Waals surface area contributed by atoms with E-state index in [0.29, 0.717) is 0 Å². The average Bonchev–Trinajstić information content (AvgIpc) is 2.55. The number of aryl methyl sites for hydroxylation is 1. The summed E-state index contributed by atoms with van der Waals surface area (Å²) in [6.07, 6.45) is -0.527. The van der Waals surface area contributed by atoms with E-state index in [1.165, 1.54) is 12.1 Å². The third kappa shape index (κ3) is 1.63. The number of aliphatic hydroxyl groups excluding tert-OH is 1. The SMILES string of the molecule is CCn1c(C(C)O)cc2cc(F)ccc21. The van der Waals surface area contributed by atoms with Gasteiger partial charge in [-0.25, -0.2) is 4.39 Å². The molecule has 15 heavy (non-hydrogen) atoms. The van der Waals surface area contributed by atoms with Crippen LogP contribution in [0.1, 0.15) is 25.6 Å². The van der Waals surface area contributed by atoms with Crippen LogP contribution in [0, 0.1) is 5.82 Å². The number of aromatic nitrogens is 1. The van der Waals surface area contributed by atoms with Crippen LogP contribution in [-0.4, -0.2) is 9.67 Å². The molecule has 0 aliphatic carbocycles. The first-order valence-electron chi connectivity index (χ1n) is 5.10. The van der Waals surface area contributed by atoms with Crippen molar-refractivity contribution >= 4 is 10.9 Å². The van der Waals surface area contributed by atoms with Gasteiger partial charge in [0.2, 0.25) is 0 Å². The third-order valence-corrected chi connectivity index (χ3v) is 2.64. The molecule has 0 radical (unpaired) electrons. The molecule has 0 bridgehead atoms. The lowest BCUT2D eigenvalue weighted by molar-refractivity contribution is 0.190. The number of aliphatic hydroxyl groups is 1. The van der Waals surface area contributed by atoms with E-state index < -0.39 is 6.10 Å². The zero-order valence-corrected chi connectivity index (χ0v) is 8.87. The van der Waals surface area contributed by atoms with E-state index in [9.17, 15) is 9.50 Å². The molecule has 2 aromatic rings. The number of hydrogen-bond acceptors (Lipinski definition) is 1. The summed E-state index contributed by atoms with van der Waals surface area (Å²) < 4.78 is 15.0. The Bertz CT molecular complexity index is 488. The minimum Gasteiger partial charge on any atom is -0.387 e. The second kappa shape index (κ2) is 3.66. The molecular weight excluding hydrogens is 193 g/mol. The zero-order valence-electron chi connectivity index (χ0n) is 8.87. The van der Waals surface area contributed by atoms with Gasteiger partial charge in [-0.15, -0.1) is 0 Å². The van der Waals surface area contributed by atoms with Crippen molar-refractivity contribution in [2.24, 2.45) is 0 Å². The topological polar surface area (TPSA) is 25.2 Å². The van der Waals surface area contributed by atoms with Crippen LogP contribution in [0.15, 0.2) is 24.3 Å². The number of nitrogens with zero attached hydrogens (tertiary/aromatic N) is 1. The van der Waals surface area contributed by atoms with Crippen molar-refractivity contribution in [3.8, 4) is 0 Å². The smallest absolute Gasteiger partial charge is 0.123 e. The van der Waals surface area contributed by atoms with Crippen LogP contribution in [0.5, 0.6) is 0 Å². The Morgan fingerprint density at radius 2 is 2.13 bits per heavy atom. The van der Waals surface area contributed by atoms with Crippen molar-refractivity contribution in [2.45, 2.75) is 26.5 Å². The van der Waals surface area contributed by atoms with Crippen molar-refractivity contribution in [1.82, 2.24) is 4.57 Å². The number of halogens is 1. The van der Waals surface area contributed by atoms with Gasteiger partial charge in [0.25, 0.3) is 0 Å². The molecule has 0 fully saturated rings. The largest absolute Gasteiger partial charge is 0.387 e. The molecular formula is C12H14FNO. The molecule has 0 aliphatic rings. The fraction of sp³-hybridized carbons (Fsp3) is 0.333. The van der Waals surface area contributed by atoms with Crippen LogP contribution in [0.2, 0.25) is 0 Å². The first kappa shape index (κ1) is 10.2. The monoisotopic (exact) mass is 207 g/mol. The van der Waals surface area contributed by atoms with E-state index in [0.717, 1.165) is 23.1 Å². The van der Waals surface area contributed by atoms with Crippen molar-refractivity contribution in [3.05, 3.63) is 35.8 Å². The summed E-state index contributed by atoms with van der Waals surface area (Å²) in [6, 6.07) is 6.53. The standard InChI is InChI=1S/C12H14FNO/c1-3-14-11-5-4-10(13)6-9(11)7-12(14)8(2)15/h4-8,15H,3H2,1-2H3. The quantitative estimate of drug-likeness (QED) is 0.804. The molecule has 0 spiro atoms. The average molecular weight is 207 g/mol. The van der Waals surface area contributed by atoms with Crippen molar-refractivity contribution in [1.29, 1.82) is 0 Å². The second-order valence-electron chi connectivity index (χ2n) is 3.69. The Labute approximate surface area is 88.0 Å². The normalized spacial score (nSPS) is 13.3. The van der Waals surface area contributed by atoms with Gasteiger partial charge in [0, 0.05) is 23.1 Å². The molecule has 1 atom stereocenters. The predicted octanol–water partition coefficient (Wildman–Crippen LogP) is 2.85. The van der Waals surface area contributed by atoms with E-state index in [4.69, 9.17) is 0 Å². The highest BCUT2D eigenvalue weighted by Gasteiger charge is 2.11. The number of fused-ring (bicyclic) bond motifs is 1. The van der Waals surface area contributed by atoms with Gasteiger partial charge in [-0.05, 0) is 38.1 Å². The Hall–Kier alpha value is -1.35. The number of rotatable bonds is 2. The van der Waals surface area contributed by atoms with Crippen LogP contribution in [0.3, 0.4) is 0 Å². The first-order chi connectivity index (χ1) is 7.13. The molecule has 0 saturated heterocycles. The highest BCUT2D eigenvalue weighted by Crippen LogP contribution is 2.24. The van der Waals surface area contributed by atoms with Gasteiger partial charge in [0.1, 0.15) is 5.82 Å². The molecule has 0 aliphatic heterocycles. The summed E-state index contributed by atoms with van der Waals surface area (Å²) in [5.74, 6) is -0.243. The maximum atomic E-state index is 13.0. The van der Waals surface area contributed by atoms with Gasteiger partial charge in [0.05, 0.1) is 6.10 Å². The van der Waals surface area contributed by atoms with Gasteiger partial charge in [-0.3, -0.25) is 0 Å². The summed E-state index contributed by atoms with van der Waals surface area (Å²) in [6.45, 7) is 4.50. The molecule has 1 aromatic carbocycles. The van der Waals surface area contributed by atoms with Crippen LogP contribution in [-0.2, 0) is 6.54 Å². The van der Waals surface area contributed by atoms with E-state index in [2.05, 4.69) is 0 Å². The molecule has 1 unspecified atom stereocenters. The van der Waals surface area contributed by atoms with Crippen LogP contribution in [0.4, 0.5) is 4.39 Å². The lowest BCUT2D eigenvalue weighted by Crippen LogP contribution is -2.03. The molecule has 1 heterocycles. The van der Waals surface area contributed by atoms with Crippen LogP contribution < -0.4 is 0 Å². The minimum atomic E-state index is -0.527. The first-order valence-corrected chi connectivity index (χ1v) is 5.10. The molecule has 1 N–H and O–H groups in total. The second-order valence-corrected chi connectivity index (χ2v) is 3.69. The molecule has 0 amide bonds. The summed E-state index contributed by atoms with van der Waals surface area (Å²) in [5.41, 5.74) is 1.80. The van der Waals surface area contributed by atoms with Gasteiger partial charge < -0.3 is 9.67 Å². The highest BCUT2D eigenvalue weighted by molar-refractivity contribution is 5.81. The van der Waals surface area contributed by atoms with Crippen LogP contribution in [0.25, 0.3) is 10.9 Å². The van der Waals surface area contributed by atoms with E-state index in [1.54, 1.807) is 13.0 Å². The lowest BCUT2D eigenvalue weighted by atomic mass is 10.2. The molecule has 1 aromatic heterocycles. The summed E-state index contributed by atoms with van der Waals surface area (Å²) >= 11 is 0. The molecule has 2 nitrogen and oxygen atoms in total. The maximum Gasteiger partial charge on any atom is 0.123 e. The Morgan fingerprint density at radius 1 is 1.40 bits per heavy atom. The van der Waals surface area contributed by atoms with E-state index in [1.807, 2.05) is 17.6 Å². The molecule has 3 heteroatoms. The number of benzene rings is 1. The van der Waals surface area contributed by atoms with Crippen molar-refractivity contribution in [2.75, 3.05) is 0 Å².